The van der Waals surface area contributed by atoms with Gasteiger partial charge in [-0.2, -0.15) is 4.31 Å². The Morgan fingerprint density at radius 1 is 1.05 bits per heavy atom. The summed E-state index contributed by atoms with van der Waals surface area (Å²) < 4.78 is 30.7. The van der Waals surface area contributed by atoms with Crippen molar-refractivity contribution in [3.8, 4) is 5.75 Å². The molecule has 0 unspecified atom stereocenters. The molecular weight excluding hydrogens is 290 g/mol. The van der Waals surface area contributed by atoms with Crippen molar-refractivity contribution in [2.45, 2.75) is 11.8 Å². The van der Waals surface area contributed by atoms with Crippen molar-refractivity contribution in [1.82, 2.24) is 4.31 Å². The van der Waals surface area contributed by atoms with Crippen LogP contribution in [0.15, 0.2) is 53.4 Å². The third-order valence-electron chi connectivity index (χ3n) is 3.28. The monoisotopic (exact) mass is 303 g/mol. The van der Waals surface area contributed by atoms with Crippen molar-refractivity contribution < 1.29 is 17.9 Å². The fourth-order valence-corrected chi connectivity index (χ4v) is 3.56. The first-order valence-electron chi connectivity index (χ1n) is 6.36. The van der Waals surface area contributed by atoms with E-state index < -0.39 is 15.9 Å². The van der Waals surface area contributed by atoms with Crippen LogP contribution in [0.5, 0.6) is 5.75 Å². The Hall–Kier alpha value is -2.34. The van der Waals surface area contributed by atoms with Crippen LogP contribution in [0, 0.1) is 6.92 Å². The molecule has 0 saturated carbocycles. The normalized spacial score (nSPS) is 15.9. The van der Waals surface area contributed by atoms with Gasteiger partial charge in [-0.15, -0.1) is 0 Å². The van der Waals surface area contributed by atoms with Gasteiger partial charge in [0.25, 0.3) is 15.9 Å². The van der Waals surface area contributed by atoms with Crippen molar-refractivity contribution in [1.29, 1.82) is 0 Å². The van der Waals surface area contributed by atoms with Gasteiger partial charge in [0.15, 0.2) is 6.73 Å². The number of ether oxygens (including phenoxy) is 1. The van der Waals surface area contributed by atoms with E-state index in [-0.39, 0.29) is 17.2 Å². The van der Waals surface area contributed by atoms with Crippen LogP contribution in [0.2, 0.25) is 0 Å². The maximum Gasteiger partial charge on any atom is 0.271 e. The molecule has 0 N–H and O–H groups in total. The van der Waals surface area contributed by atoms with Gasteiger partial charge < -0.3 is 4.74 Å². The second kappa shape index (κ2) is 4.89. The molecule has 1 aliphatic rings. The quantitative estimate of drug-likeness (QED) is 0.872. The van der Waals surface area contributed by atoms with Gasteiger partial charge in [0, 0.05) is 0 Å². The topological polar surface area (TPSA) is 63.7 Å². The zero-order valence-electron chi connectivity index (χ0n) is 11.3. The van der Waals surface area contributed by atoms with Crippen molar-refractivity contribution in [2.24, 2.45) is 0 Å². The van der Waals surface area contributed by atoms with Crippen LogP contribution in [0.1, 0.15) is 15.9 Å². The fourth-order valence-electron chi connectivity index (χ4n) is 2.13. The van der Waals surface area contributed by atoms with E-state index in [1.807, 2.05) is 19.1 Å². The van der Waals surface area contributed by atoms with E-state index in [1.165, 1.54) is 12.1 Å². The van der Waals surface area contributed by atoms with Gasteiger partial charge in [-0.25, -0.2) is 8.42 Å². The number of carbonyl (C=O) groups excluding carboxylic acids is 1. The predicted octanol–water partition coefficient (Wildman–Crippen LogP) is 2.18. The smallest absolute Gasteiger partial charge is 0.271 e. The molecule has 0 aliphatic carbocycles. The van der Waals surface area contributed by atoms with Crippen molar-refractivity contribution in [3.05, 3.63) is 59.7 Å². The molecule has 2 aromatic carbocycles. The third kappa shape index (κ3) is 2.27. The Kier molecular flexibility index (Phi) is 3.17. The highest BCUT2D eigenvalue weighted by atomic mass is 32.2. The van der Waals surface area contributed by atoms with Crippen LogP contribution in [-0.2, 0) is 10.0 Å². The first-order valence-corrected chi connectivity index (χ1v) is 7.80. The van der Waals surface area contributed by atoms with Crippen LogP contribution in [0.25, 0.3) is 0 Å². The lowest BCUT2D eigenvalue weighted by atomic mass is 10.2. The van der Waals surface area contributed by atoms with Crippen LogP contribution >= 0.6 is 0 Å². The second-order valence-corrected chi connectivity index (χ2v) is 6.57. The van der Waals surface area contributed by atoms with Crippen LogP contribution < -0.4 is 4.74 Å². The number of carbonyl (C=O) groups is 1. The predicted molar refractivity (Wildman–Crippen MR) is 76.5 cm³/mol. The molecule has 0 aromatic heterocycles. The van der Waals surface area contributed by atoms with Gasteiger partial charge in [-0.05, 0) is 31.2 Å². The highest BCUT2D eigenvalue weighted by Gasteiger charge is 2.41. The summed E-state index contributed by atoms with van der Waals surface area (Å²) >= 11 is 0. The fraction of sp³-hybridized carbons (Fsp3) is 0.133. The first kappa shape index (κ1) is 13.6. The number of aryl methyl sites for hydroxylation is 1. The van der Waals surface area contributed by atoms with E-state index >= 15 is 0 Å². The van der Waals surface area contributed by atoms with Crippen molar-refractivity contribution in [3.63, 3.8) is 0 Å². The minimum Gasteiger partial charge on any atom is -0.472 e. The van der Waals surface area contributed by atoms with Crippen LogP contribution in [0.3, 0.4) is 0 Å². The van der Waals surface area contributed by atoms with Gasteiger partial charge in [-0.3, -0.25) is 4.79 Å². The molecule has 0 radical (unpaired) electrons. The molecule has 21 heavy (non-hydrogen) atoms. The summed E-state index contributed by atoms with van der Waals surface area (Å²) in [6.07, 6.45) is 0. The number of rotatable bonds is 3. The molecule has 1 aliphatic heterocycles. The largest absolute Gasteiger partial charge is 0.472 e. The molecule has 0 bridgehead atoms. The van der Waals surface area contributed by atoms with Crippen molar-refractivity contribution >= 4 is 15.9 Å². The van der Waals surface area contributed by atoms with E-state index in [0.717, 1.165) is 9.87 Å². The summed E-state index contributed by atoms with van der Waals surface area (Å²) in [6.45, 7) is 1.60. The summed E-state index contributed by atoms with van der Waals surface area (Å²) in [5.74, 6) is -0.0442. The summed E-state index contributed by atoms with van der Waals surface area (Å²) in [7, 11) is -3.82. The highest BCUT2D eigenvalue weighted by molar-refractivity contribution is 7.90. The molecule has 0 fully saturated rings. The molecule has 5 nitrogen and oxygen atoms in total. The minimum absolute atomic E-state index is 0.0301. The number of sulfonamides is 1. The molecule has 3 rings (SSSR count). The number of hydrogen-bond donors (Lipinski definition) is 0. The minimum atomic E-state index is -3.82. The van der Waals surface area contributed by atoms with Gasteiger partial charge in [0.1, 0.15) is 10.6 Å². The molecule has 0 atom stereocenters. The van der Waals surface area contributed by atoms with Gasteiger partial charge in [-0.1, -0.05) is 29.8 Å². The standard InChI is InChI=1S/C15H13NO4S/c1-11-6-8-12(9-7-11)20-10-16-15(17)13-4-2-3-5-14(13)21(16,18)19/h2-9H,10H2,1H3. The highest BCUT2D eigenvalue weighted by Crippen LogP contribution is 2.29. The van der Waals surface area contributed by atoms with Gasteiger partial charge in [0.2, 0.25) is 0 Å². The number of fused-ring (bicyclic) bond motifs is 1. The van der Waals surface area contributed by atoms with E-state index in [4.69, 9.17) is 4.74 Å². The Morgan fingerprint density at radius 2 is 1.71 bits per heavy atom. The van der Waals surface area contributed by atoms with Gasteiger partial charge >= 0.3 is 0 Å². The zero-order valence-corrected chi connectivity index (χ0v) is 12.1. The van der Waals surface area contributed by atoms with Crippen molar-refractivity contribution in [2.75, 3.05) is 6.73 Å². The lowest BCUT2D eigenvalue weighted by Crippen LogP contribution is -2.33. The Morgan fingerprint density at radius 3 is 2.38 bits per heavy atom. The molecule has 0 spiro atoms. The average Bonchev–Trinajstić information content (AvgIpc) is 2.67. The molecule has 6 heteroatoms. The molecule has 0 saturated heterocycles. The summed E-state index contributed by atoms with van der Waals surface area (Å²) in [5.41, 5.74) is 1.25. The lowest BCUT2D eigenvalue weighted by molar-refractivity contribution is 0.0790. The maximum absolute atomic E-state index is 12.3. The first-order chi connectivity index (χ1) is 10.00. The maximum atomic E-state index is 12.3. The Bertz CT molecular complexity index is 797. The Balaban J connectivity index is 1.84. The summed E-state index contributed by atoms with van der Waals surface area (Å²) in [5, 5.41) is 0. The molecular formula is C15H13NO4S. The number of hydrogen-bond acceptors (Lipinski definition) is 4. The zero-order chi connectivity index (χ0) is 15.0. The molecule has 108 valence electrons. The molecule has 2 aromatic rings. The molecule has 1 amide bonds. The SMILES string of the molecule is Cc1ccc(OCN2C(=O)c3ccccc3S2(=O)=O)cc1. The number of amides is 1. The van der Waals surface area contributed by atoms with E-state index in [1.54, 1.807) is 24.3 Å². The lowest BCUT2D eigenvalue weighted by Gasteiger charge is -2.15. The average molecular weight is 303 g/mol. The summed E-state index contributed by atoms with van der Waals surface area (Å²) in [4.78, 5) is 12.2. The Labute approximate surface area is 122 Å². The van der Waals surface area contributed by atoms with Gasteiger partial charge in [0.05, 0.1) is 5.56 Å². The second-order valence-electron chi connectivity index (χ2n) is 4.74. The third-order valence-corrected chi connectivity index (χ3v) is 5.04. The molecule has 1 heterocycles. The van der Waals surface area contributed by atoms with Crippen LogP contribution in [-0.4, -0.2) is 25.4 Å². The summed E-state index contributed by atoms with van der Waals surface area (Å²) in [6, 6.07) is 13.3. The number of benzene rings is 2. The van der Waals surface area contributed by atoms with E-state index in [2.05, 4.69) is 0 Å². The van der Waals surface area contributed by atoms with Crippen LogP contribution in [0.4, 0.5) is 0 Å². The number of nitrogens with zero attached hydrogens (tertiary/aromatic N) is 1. The van der Waals surface area contributed by atoms with E-state index in [0.29, 0.717) is 5.75 Å². The van der Waals surface area contributed by atoms with E-state index in [9.17, 15) is 13.2 Å².